The Balaban J connectivity index is 1.97. The minimum absolute atomic E-state index is 0.277. The molecular formula is C19H22FN3O2S. The van der Waals surface area contributed by atoms with Crippen molar-refractivity contribution >= 4 is 27.1 Å². The van der Waals surface area contributed by atoms with Crippen LogP contribution in [0.4, 0.5) is 15.8 Å². The molecule has 1 aliphatic rings. The second-order valence-electron chi connectivity index (χ2n) is 6.12. The molecule has 0 amide bonds. The lowest BCUT2D eigenvalue weighted by atomic mass is 10.1. The number of halogens is 1. The Labute approximate surface area is 154 Å². The van der Waals surface area contributed by atoms with Gasteiger partial charge in [-0.2, -0.15) is 0 Å². The molecule has 0 aromatic heterocycles. The maximum absolute atomic E-state index is 13.2. The van der Waals surface area contributed by atoms with Gasteiger partial charge in [0.25, 0.3) is 0 Å². The Morgan fingerprint density at radius 1 is 1.12 bits per heavy atom. The highest BCUT2D eigenvalue weighted by molar-refractivity contribution is 7.92. The summed E-state index contributed by atoms with van der Waals surface area (Å²) in [5.74, 6) is -0.277. The van der Waals surface area contributed by atoms with E-state index in [1.807, 2.05) is 54.3 Å². The molecule has 1 aliphatic heterocycles. The highest BCUT2D eigenvalue weighted by Crippen LogP contribution is 2.35. The van der Waals surface area contributed by atoms with Crippen LogP contribution >= 0.6 is 0 Å². The second-order valence-corrected chi connectivity index (χ2v) is 8.02. The van der Waals surface area contributed by atoms with Crippen molar-refractivity contribution in [3.05, 3.63) is 66.0 Å². The summed E-state index contributed by atoms with van der Waals surface area (Å²) >= 11 is 0. The van der Waals surface area contributed by atoms with Gasteiger partial charge in [-0.1, -0.05) is 18.2 Å². The number of para-hydroxylation sites is 1. The van der Waals surface area contributed by atoms with Crippen LogP contribution in [0.15, 0.2) is 54.6 Å². The smallest absolute Gasteiger partial charge is 0.232 e. The third-order valence-corrected chi connectivity index (χ3v) is 5.68. The van der Waals surface area contributed by atoms with Gasteiger partial charge in [0.2, 0.25) is 10.0 Å². The third kappa shape index (κ3) is 3.39. The Kier molecular flexibility index (Phi) is 4.91. The van der Waals surface area contributed by atoms with E-state index in [4.69, 9.17) is 0 Å². The molecule has 26 heavy (non-hydrogen) atoms. The van der Waals surface area contributed by atoms with Gasteiger partial charge in [-0.15, -0.1) is 0 Å². The Morgan fingerprint density at radius 3 is 2.38 bits per heavy atom. The summed E-state index contributed by atoms with van der Waals surface area (Å²) in [5.41, 5.74) is 3.27. The van der Waals surface area contributed by atoms with Gasteiger partial charge >= 0.3 is 0 Å². The molecule has 2 aromatic rings. The van der Waals surface area contributed by atoms with E-state index in [1.54, 1.807) is 12.1 Å². The molecule has 0 spiro atoms. The standard InChI is InChI=1S/C19H22FN3O2S/c1-4-23(26(3,24)25)19-8-6-5-7-17(19)18-13-14-22(21(18)2)16-11-9-15(20)10-12-16/h5-13H,4,14H2,1-3H3. The van der Waals surface area contributed by atoms with Gasteiger partial charge in [-0.25, -0.2) is 12.8 Å². The van der Waals surface area contributed by atoms with Crippen LogP contribution in [0, 0.1) is 5.82 Å². The highest BCUT2D eigenvalue weighted by atomic mass is 32.2. The van der Waals surface area contributed by atoms with Crippen LogP contribution in [0.25, 0.3) is 5.70 Å². The minimum atomic E-state index is -3.38. The van der Waals surface area contributed by atoms with Crippen LogP contribution in [0.3, 0.4) is 0 Å². The van der Waals surface area contributed by atoms with Gasteiger partial charge in [0.05, 0.1) is 29.9 Å². The van der Waals surface area contributed by atoms with Gasteiger partial charge < -0.3 is 0 Å². The molecular weight excluding hydrogens is 353 g/mol. The zero-order valence-corrected chi connectivity index (χ0v) is 15.9. The summed E-state index contributed by atoms with van der Waals surface area (Å²) in [5, 5.41) is 3.96. The fourth-order valence-electron chi connectivity index (χ4n) is 3.22. The van der Waals surface area contributed by atoms with Gasteiger partial charge in [0.15, 0.2) is 0 Å². The quantitative estimate of drug-likeness (QED) is 0.804. The summed E-state index contributed by atoms with van der Waals surface area (Å²) in [6.07, 6.45) is 3.25. The van der Waals surface area contributed by atoms with Crippen molar-refractivity contribution in [1.29, 1.82) is 0 Å². The molecule has 138 valence electrons. The molecule has 0 fully saturated rings. The van der Waals surface area contributed by atoms with E-state index in [0.29, 0.717) is 18.8 Å². The molecule has 5 nitrogen and oxygen atoms in total. The number of hydrazine groups is 1. The first kappa shape index (κ1) is 18.3. The number of nitrogens with zero attached hydrogens (tertiary/aromatic N) is 3. The molecule has 0 radical (unpaired) electrons. The number of sulfonamides is 1. The summed E-state index contributed by atoms with van der Waals surface area (Å²) in [6, 6.07) is 13.8. The SMILES string of the molecule is CCN(c1ccccc1C1=CCN(c2ccc(F)cc2)N1C)S(C)(=O)=O. The van der Waals surface area contributed by atoms with Crippen molar-refractivity contribution in [2.75, 3.05) is 35.7 Å². The fourth-order valence-corrected chi connectivity index (χ4v) is 4.21. The van der Waals surface area contributed by atoms with Crippen LogP contribution in [-0.2, 0) is 10.0 Å². The van der Waals surface area contributed by atoms with E-state index in [-0.39, 0.29) is 5.82 Å². The van der Waals surface area contributed by atoms with Gasteiger partial charge in [0.1, 0.15) is 5.82 Å². The molecule has 0 N–H and O–H groups in total. The Bertz CT molecular complexity index is 926. The predicted molar refractivity (Wildman–Crippen MR) is 104 cm³/mol. The predicted octanol–water partition coefficient (Wildman–Crippen LogP) is 3.32. The van der Waals surface area contributed by atoms with Gasteiger partial charge in [-0.3, -0.25) is 14.3 Å². The van der Waals surface area contributed by atoms with Crippen LogP contribution in [0.1, 0.15) is 12.5 Å². The van der Waals surface area contributed by atoms with Gasteiger partial charge in [0, 0.05) is 19.2 Å². The van der Waals surface area contributed by atoms with E-state index >= 15 is 0 Å². The Hall–Kier alpha value is -2.54. The molecule has 0 atom stereocenters. The summed E-state index contributed by atoms with van der Waals surface area (Å²) in [7, 11) is -1.46. The number of hydrogen-bond donors (Lipinski definition) is 0. The lowest BCUT2D eigenvalue weighted by molar-refractivity contribution is 0.475. The Morgan fingerprint density at radius 2 is 1.77 bits per heavy atom. The molecule has 1 heterocycles. The maximum Gasteiger partial charge on any atom is 0.232 e. The maximum atomic E-state index is 13.2. The van der Waals surface area contributed by atoms with Crippen LogP contribution < -0.4 is 9.31 Å². The molecule has 0 saturated heterocycles. The number of anilines is 2. The average Bonchev–Trinajstić information content (AvgIpc) is 2.97. The van der Waals surface area contributed by atoms with E-state index in [2.05, 4.69) is 0 Å². The van der Waals surface area contributed by atoms with Crippen molar-refractivity contribution < 1.29 is 12.8 Å². The number of rotatable bonds is 5. The fraction of sp³-hybridized carbons (Fsp3) is 0.263. The van der Waals surface area contributed by atoms with Crippen molar-refractivity contribution in [2.24, 2.45) is 0 Å². The summed E-state index contributed by atoms with van der Waals surface area (Å²) in [4.78, 5) is 0. The van der Waals surface area contributed by atoms with Gasteiger partial charge in [-0.05, 0) is 43.3 Å². The van der Waals surface area contributed by atoms with Crippen LogP contribution in [0.5, 0.6) is 0 Å². The molecule has 3 rings (SSSR count). The minimum Gasteiger partial charge on any atom is -0.288 e. The largest absolute Gasteiger partial charge is 0.288 e. The number of benzene rings is 2. The van der Waals surface area contributed by atoms with Crippen molar-refractivity contribution in [2.45, 2.75) is 6.92 Å². The van der Waals surface area contributed by atoms with Crippen molar-refractivity contribution in [3.8, 4) is 0 Å². The van der Waals surface area contributed by atoms with E-state index in [0.717, 1.165) is 16.9 Å². The first-order chi connectivity index (χ1) is 12.3. The monoisotopic (exact) mass is 375 g/mol. The van der Waals surface area contributed by atoms with Crippen molar-refractivity contribution in [3.63, 3.8) is 0 Å². The number of hydrogen-bond acceptors (Lipinski definition) is 4. The zero-order valence-electron chi connectivity index (χ0n) is 15.1. The average molecular weight is 375 g/mol. The lowest BCUT2D eigenvalue weighted by Gasteiger charge is -2.32. The van der Waals surface area contributed by atoms with E-state index in [1.165, 1.54) is 22.7 Å². The second kappa shape index (κ2) is 6.99. The van der Waals surface area contributed by atoms with Crippen molar-refractivity contribution in [1.82, 2.24) is 5.01 Å². The van der Waals surface area contributed by atoms with E-state index < -0.39 is 10.0 Å². The molecule has 0 bridgehead atoms. The third-order valence-electron chi connectivity index (χ3n) is 4.43. The topological polar surface area (TPSA) is 43.9 Å². The molecule has 0 saturated carbocycles. The normalized spacial score (nSPS) is 14.5. The highest BCUT2D eigenvalue weighted by Gasteiger charge is 2.26. The lowest BCUT2D eigenvalue weighted by Crippen LogP contribution is -2.35. The summed E-state index contributed by atoms with van der Waals surface area (Å²) < 4.78 is 39.0. The van der Waals surface area contributed by atoms with Crippen LogP contribution in [-0.4, -0.2) is 39.8 Å². The zero-order chi connectivity index (χ0) is 18.9. The summed E-state index contributed by atoms with van der Waals surface area (Å²) in [6.45, 7) is 2.79. The first-order valence-corrected chi connectivity index (χ1v) is 10.2. The molecule has 0 unspecified atom stereocenters. The molecule has 0 aliphatic carbocycles. The van der Waals surface area contributed by atoms with E-state index in [9.17, 15) is 12.8 Å². The molecule has 2 aromatic carbocycles. The molecule has 7 heteroatoms. The van der Waals surface area contributed by atoms with Crippen LogP contribution in [0.2, 0.25) is 0 Å². The first-order valence-electron chi connectivity index (χ1n) is 8.37.